The molecular weight excluding hydrogens is 242 g/mol. The molecular formula is C15H23NO3. The van der Waals surface area contributed by atoms with Gasteiger partial charge in [-0.2, -0.15) is 0 Å². The highest BCUT2D eigenvalue weighted by molar-refractivity contribution is 5.29. The van der Waals surface area contributed by atoms with Crippen LogP contribution in [0.2, 0.25) is 0 Å². The Bertz CT molecular complexity index is 377. The fourth-order valence-electron chi connectivity index (χ4n) is 2.36. The fourth-order valence-corrected chi connectivity index (χ4v) is 2.36. The topological polar surface area (TPSA) is 50.7 Å². The fraction of sp³-hybridized carbons (Fsp3) is 0.600. The molecule has 1 aromatic rings. The highest BCUT2D eigenvalue weighted by Gasteiger charge is 2.14. The third-order valence-corrected chi connectivity index (χ3v) is 3.50. The number of nitrogens with one attached hydrogen (secondary N) is 1. The zero-order valence-electron chi connectivity index (χ0n) is 11.5. The Balaban J connectivity index is 1.75. The third kappa shape index (κ3) is 4.49. The molecule has 0 bridgehead atoms. The third-order valence-electron chi connectivity index (χ3n) is 3.50. The summed E-state index contributed by atoms with van der Waals surface area (Å²) in [4.78, 5) is 0. The number of aliphatic hydroxyl groups is 1. The lowest BCUT2D eigenvalue weighted by molar-refractivity contribution is 0.0532. The molecule has 1 aliphatic rings. The molecule has 1 fully saturated rings. The van der Waals surface area contributed by atoms with Crippen LogP contribution < -0.4 is 10.1 Å². The largest absolute Gasteiger partial charge is 0.497 e. The van der Waals surface area contributed by atoms with Crippen molar-refractivity contribution >= 4 is 0 Å². The van der Waals surface area contributed by atoms with Crippen molar-refractivity contribution in [1.82, 2.24) is 5.32 Å². The minimum Gasteiger partial charge on any atom is -0.497 e. The first-order chi connectivity index (χ1) is 9.29. The highest BCUT2D eigenvalue weighted by Crippen LogP contribution is 2.19. The SMILES string of the molecule is COc1cccc(C(O)CNCC2CCCOC2)c1. The predicted octanol–water partition coefficient (Wildman–Crippen LogP) is 1.74. The van der Waals surface area contributed by atoms with Crippen LogP contribution in [-0.2, 0) is 4.74 Å². The van der Waals surface area contributed by atoms with Gasteiger partial charge in [0.05, 0.1) is 19.8 Å². The van der Waals surface area contributed by atoms with Crippen LogP contribution in [0.4, 0.5) is 0 Å². The number of benzene rings is 1. The van der Waals surface area contributed by atoms with Crippen LogP contribution in [0.3, 0.4) is 0 Å². The maximum absolute atomic E-state index is 10.1. The van der Waals surface area contributed by atoms with Gasteiger partial charge >= 0.3 is 0 Å². The van der Waals surface area contributed by atoms with Crippen LogP contribution in [0.25, 0.3) is 0 Å². The Hall–Kier alpha value is -1.10. The minimum atomic E-state index is -0.500. The minimum absolute atomic E-state index is 0.500. The first-order valence-corrected chi connectivity index (χ1v) is 6.90. The Labute approximate surface area is 114 Å². The Morgan fingerprint density at radius 2 is 2.42 bits per heavy atom. The van der Waals surface area contributed by atoms with Crippen LogP contribution in [0.15, 0.2) is 24.3 Å². The molecule has 2 unspecified atom stereocenters. The zero-order valence-corrected chi connectivity index (χ0v) is 11.5. The van der Waals surface area contributed by atoms with E-state index in [2.05, 4.69) is 5.32 Å². The molecule has 1 aliphatic heterocycles. The second-order valence-corrected chi connectivity index (χ2v) is 5.03. The lowest BCUT2D eigenvalue weighted by Crippen LogP contribution is -2.31. The lowest BCUT2D eigenvalue weighted by Gasteiger charge is -2.23. The van der Waals surface area contributed by atoms with Crippen molar-refractivity contribution in [3.8, 4) is 5.75 Å². The molecule has 1 aromatic carbocycles. The van der Waals surface area contributed by atoms with Gasteiger partial charge in [-0.1, -0.05) is 12.1 Å². The second kappa shape index (κ2) is 7.48. The summed E-state index contributed by atoms with van der Waals surface area (Å²) >= 11 is 0. The maximum atomic E-state index is 10.1. The van der Waals surface area contributed by atoms with Crippen molar-refractivity contribution < 1.29 is 14.6 Å². The summed E-state index contributed by atoms with van der Waals surface area (Å²) in [5.74, 6) is 1.35. The highest BCUT2D eigenvalue weighted by atomic mass is 16.5. The lowest BCUT2D eigenvalue weighted by atomic mass is 10.0. The van der Waals surface area contributed by atoms with E-state index in [0.717, 1.165) is 37.5 Å². The number of methoxy groups -OCH3 is 1. The molecule has 106 valence electrons. The second-order valence-electron chi connectivity index (χ2n) is 5.03. The van der Waals surface area contributed by atoms with E-state index < -0.39 is 6.10 Å². The molecule has 4 heteroatoms. The average Bonchev–Trinajstić information content (AvgIpc) is 2.48. The van der Waals surface area contributed by atoms with E-state index in [1.807, 2.05) is 24.3 Å². The summed E-state index contributed by atoms with van der Waals surface area (Å²) in [6.07, 6.45) is 1.85. The van der Waals surface area contributed by atoms with Gasteiger partial charge in [0, 0.05) is 19.7 Å². The molecule has 2 rings (SSSR count). The zero-order chi connectivity index (χ0) is 13.5. The van der Waals surface area contributed by atoms with Gasteiger partial charge in [0.15, 0.2) is 0 Å². The van der Waals surface area contributed by atoms with Gasteiger partial charge in [0.1, 0.15) is 5.75 Å². The van der Waals surface area contributed by atoms with Gasteiger partial charge in [-0.3, -0.25) is 0 Å². The van der Waals surface area contributed by atoms with Gasteiger partial charge in [-0.15, -0.1) is 0 Å². The molecule has 1 saturated heterocycles. The summed E-state index contributed by atoms with van der Waals surface area (Å²) in [6, 6.07) is 7.56. The Morgan fingerprint density at radius 1 is 1.53 bits per heavy atom. The molecule has 0 aliphatic carbocycles. The number of hydrogen-bond donors (Lipinski definition) is 2. The monoisotopic (exact) mass is 265 g/mol. The summed E-state index contributed by atoms with van der Waals surface area (Å²) in [5.41, 5.74) is 0.881. The summed E-state index contributed by atoms with van der Waals surface area (Å²) in [7, 11) is 1.63. The molecule has 4 nitrogen and oxygen atoms in total. The first-order valence-electron chi connectivity index (χ1n) is 6.90. The van der Waals surface area contributed by atoms with Crippen LogP contribution >= 0.6 is 0 Å². The van der Waals surface area contributed by atoms with Crippen LogP contribution in [0, 0.1) is 5.92 Å². The predicted molar refractivity (Wildman–Crippen MR) is 74.4 cm³/mol. The van der Waals surface area contributed by atoms with E-state index in [4.69, 9.17) is 9.47 Å². The van der Waals surface area contributed by atoms with Gasteiger partial charge in [-0.05, 0) is 36.5 Å². The summed E-state index contributed by atoms with van der Waals surface area (Å²) in [5, 5.41) is 13.4. The average molecular weight is 265 g/mol. The first kappa shape index (κ1) is 14.3. The van der Waals surface area contributed by atoms with Crippen molar-refractivity contribution in [2.75, 3.05) is 33.4 Å². The van der Waals surface area contributed by atoms with Crippen molar-refractivity contribution in [3.63, 3.8) is 0 Å². The van der Waals surface area contributed by atoms with E-state index in [1.165, 1.54) is 6.42 Å². The van der Waals surface area contributed by atoms with Crippen LogP contribution in [0.5, 0.6) is 5.75 Å². The molecule has 0 spiro atoms. The Morgan fingerprint density at radius 3 is 3.16 bits per heavy atom. The molecule has 2 N–H and O–H groups in total. The Kier molecular flexibility index (Phi) is 5.63. The van der Waals surface area contributed by atoms with Gasteiger partial charge in [0.2, 0.25) is 0 Å². The maximum Gasteiger partial charge on any atom is 0.119 e. The summed E-state index contributed by atoms with van der Waals surface area (Å²) in [6.45, 7) is 3.19. The van der Waals surface area contributed by atoms with Crippen LogP contribution in [0.1, 0.15) is 24.5 Å². The van der Waals surface area contributed by atoms with Crippen molar-refractivity contribution in [3.05, 3.63) is 29.8 Å². The molecule has 2 atom stereocenters. The smallest absolute Gasteiger partial charge is 0.119 e. The van der Waals surface area contributed by atoms with Crippen LogP contribution in [-0.4, -0.2) is 38.5 Å². The number of aliphatic hydroxyl groups excluding tert-OH is 1. The molecule has 1 heterocycles. The van der Waals surface area contributed by atoms with Gasteiger partial charge in [-0.25, -0.2) is 0 Å². The number of ether oxygens (including phenoxy) is 2. The van der Waals surface area contributed by atoms with E-state index in [1.54, 1.807) is 7.11 Å². The van der Waals surface area contributed by atoms with Gasteiger partial charge < -0.3 is 19.9 Å². The molecule has 0 aromatic heterocycles. The van der Waals surface area contributed by atoms with Crippen molar-refractivity contribution in [2.45, 2.75) is 18.9 Å². The van der Waals surface area contributed by atoms with Gasteiger partial charge in [0.25, 0.3) is 0 Å². The van der Waals surface area contributed by atoms with E-state index in [-0.39, 0.29) is 0 Å². The molecule has 0 radical (unpaired) electrons. The van der Waals surface area contributed by atoms with E-state index in [0.29, 0.717) is 12.5 Å². The van der Waals surface area contributed by atoms with Crippen molar-refractivity contribution in [2.24, 2.45) is 5.92 Å². The quantitative estimate of drug-likeness (QED) is 0.822. The molecule has 19 heavy (non-hydrogen) atoms. The van der Waals surface area contributed by atoms with Crippen molar-refractivity contribution in [1.29, 1.82) is 0 Å². The normalized spacial score (nSPS) is 21.1. The number of hydrogen-bond acceptors (Lipinski definition) is 4. The van der Waals surface area contributed by atoms with E-state index in [9.17, 15) is 5.11 Å². The molecule has 0 saturated carbocycles. The number of rotatable bonds is 6. The summed E-state index contributed by atoms with van der Waals surface area (Å²) < 4.78 is 10.6. The van der Waals surface area contributed by atoms with E-state index >= 15 is 0 Å². The standard InChI is InChI=1S/C15H23NO3/c1-18-14-6-2-5-13(8-14)15(17)10-16-9-12-4-3-7-19-11-12/h2,5-6,8,12,15-17H,3-4,7,9-11H2,1H3. The molecule has 0 amide bonds.